The first-order valence-corrected chi connectivity index (χ1v) is 7.36. The molecule has 0 unspecified atom stereocenters. The van der Waals surface area contributed by atoms with Gasteiger partial charge in [0.15, 0.2) is 0 Å². The number of hydrogen-bond acceptors (Lipinski definition) is 3. The van der Waals surface area contributed by atoms with E-state index in [0.717, 1.165) is 17.7 Å². The molecule has 0 aliphatic heterocycles. The van der Waals surface area contributed by atoms with Gasteiger partial charge in [-0.15, -0.1) is 11.8 Å². The highest BCUT2D eigenvalue weighted by Gasteiger charge is 2.16. The predicted octanol–water partition coefficient (Wildman–Crippen LogP) is 3.08. The Balaban J connectivity index is 1.66. The van der Waals surface area contributed by atoms with Crippen molar-refractivity contribution >= 4 is 17.7 Å². The Morgan fingerprint density at radius 2 is 2.00 bits per heavy atom. The van der Waals surface area contributed by atoms with Crippen LogP contribution in [-0.4, -0.2) is 17.8 Å². The number of hydrogen-bond donors (Lipinski definition) is 1. The third kappa shape index (κ3) is 4.35. The predicted molar refractivity (Wildman–Crippen MR) is 73.4 cm³/mol. The quantitative estimate of drug-likeness (QED) is 0.657. The Hall–Kier alpha value is -1.00. The molecule has 98 valence electrons. The first kappa shape index (κ1) is 13.4. The summed E-state index contributed by atoms with van der Waals surface area (Å²) in [7, 11) is 0. The second-order valence-corrected chi connectivity index (χ2v) is 5.70. The first-order valence-electron chi connectivity index (χ1n) is 6.38. The minimum atomic E-state index is -0.0625. The van der Waals surface area contributed by atoms with Crippen LogP contribution < -0.4 is 5.48 Å². The van der Waals surface area contributed by atoms with Crippen molar-refractivity contribution < 1.29 is 9.63 Å². The van der Waals surface area contributed by atoms with Gasteiger partial charge in [-0.2, -0.15) is 0 Å². The molecule has 1 aromatic carbocycles. The number of rotatable bonds is 5. The van der Waals surface area contributed by atoms with Crippen molar-refractivity contribution in [1.29, 1.82) is 0 Å². The average Bonchev–Trinajstić information content (AvgIpc) is 2.89. The summed E-state index contributed by atoms with van der Waals surface area (Å²) in [5, 5.41) is 0. The van der Waals surface area contributed by atoms with E-state index in [1.54, 1.807) is 0 Å². The first-order chi connectivity index (χ1) is 8.74. The highest BCUT2D eigenvalue weighted by atomic mass is 32.2. The maximum absolute atomic E-state index is 11.6. The molecule has 4 heteroatoms. The van der Waals surface area contributed by atoms with Crippen molar-refractivity contribution in [3.63, 3.8) is 0 Å². The van der Waals surface area contributed by atoms with Crippen LogP contribution in [0.1, 0.15) is 31.2 Å². The number of benzene rings is 1. The lowest BCUT2D eigenvalue weighted by Gasteiger charge is -2.11. The third-order valence-electron chi connectivity index (χ3n) is 3.03. The summed E-state index contributed by atoms with van der Waals surface area (Å²) in [6.45, 7) is 2.05. The monoisotopic (exact) mass is 265 g/mol. The Morgan fingerprint density at radius 3 is 2.67 bits per heavy atom. The normalized spacial score (nSPS) is 15.8. The second-order valence-electron chi connectivity index (χ2n) is 4.65. The molecule has 0 saturated heterocycles. The van der Waals surface area contributed by atoms with Gasteiger partial charge in [0.1, 0.15) is 0 Å². The summed E-state index contributed by atoms with van der Waals surface area (Å²) < 4.78 is 0. The zero-order valence-electron chi connectivity index (χ0n) is 10.6. The van der Waals surface area contributed by atoms with Crippen molar-refractivity contribution in [2.45, 2.75) is 43.6 Å². The number of hydroxylamine groups is 1. The summed E-state index contributed by atoms with van der Waals surface area (Å²) in [6, 6.07) is 8.17. The van der Waals surface area contributed by atoms with Gasteiger partial charge in [-0.1, -0.05) is 30.5 Å². The molecule has 3 nitrogen and oxygen atoms in total. The van der Waals surface area contributed by atoms with Crippen molar-refractivity contribution in [3.05, 3.63) is 29.8 Å². The van der Waals surface area contributed by atoms with Crippen LogP contribution in [-0.2, 0) is 9.63 Å². The van der Waals surface area contributed by atoms with Gasteiger partial charge in [0.05, 0.1) is 11.9 Å². The van der Waals surface area contributed by atoms with Crippen LogP contribution in [0.3, 0.4) is 0 Å². The van der Waals surface area contributed by atoms with Gasteiger partial charge in [0.2, 0.25) is 0 Å². The summed E-state index contributed by atoms with van der Waals surface area (Å²) >= 11 is 1.53. The van der Waals surface area contributed by atoms with Gasteiger partial charge in [-0.25, -0.2) is 5.48 Å². The van der Waals surface area contributed by atoms with E-state index in [1.807, 2.05) is 12.1 Å². The summed E-state index contributed by atoms with van der Waals surface area (Å²) in [4.78, 5) is 18.1. The van der Waals surface area contributed by atoms with Crippen LogP contribution in [0.25, 0.3) is 0 Å². The topological polar surface area (TPSA) is 38.3 Å². The van der Waals surface area contributed by atoms with Gasteiger partial charge in [-0.05, 0) is 31.9 Å². The Bertz CT molecular complexity index is 385. The number of amides is 1. The molecule has 1 saturated carbocycles. The van der Waals surface area contributed by atoms with Crippen molar-refractivity contribution in [3.8, 4) is 0 Å². The number of aryl methyl sites for hydroxylation is 1. The fourth-order valence-corrected chi connectivity index (χ4v) is 2.65. The van der Waals surface area contributed by atoms with E-state index in [-0.39, 0.29) is 12.0 Å². The van der Waals surface area contributed by atoms with E-state index in [0.29, 0.717) is 5.75 Å². The van der Waals surface area contributed by atoms with E-state index in [4.69, 9.17) is 4.84 Å². The van der Waals surface area contributed by atoms with Gasteiger partial charge < -0.3 is 0 Å². The Morgan fingerprint density at radius 1 is 1.33 bits per heavy atom. The fourth-order valence-electron chi connectivity index (χ4n) is 1.97. The standard InChI is InChI=1S/C14H19NO2S/c1-11-6-8-13(9-7-11)18-10-14(16)15-17-12-4-2-3-5-12/h6-9,12H,2-5,10H2,1H3,(H,15,16). The SMILES string of the molecule is Cc1ccc(SCC(=O)NOC2CCCC2)cc1. The minimum absolute atomic E-state index is 0.0625. The molecule has 1 aliphatic carbocycles. The van der Waals surface area contributed by atoms with Crippen molar-refractivity contribution in [2.75, 3.05) is 5.75 Å². The van der Waals surface area contributed by atoms with Crippen LogP contribution >= 0.6 is 11.8 Å². The lowest BCUT2D eigenvalue weighted by molar-refractivity contribution is -0.135. The van der Waals surface area contributed by atoms with Crippen LogP contribution in [0.4, 0.5) is 0 Å². The van der Waals surface area contributed by atoms with E-state index in [2.05, 4.69) is 24.5 Å². The summed E-state index contributed by atoms with van der Waals surface area (Å²) in [5.41, 5.74) is 3.78. The lowest BCUT2D eigenvalue weighted by Crippen LogP contribution is -2.29. The molecule has 1 aliphatic rings. The molecule has 1 N–H and O–H groups in total. The van der Waals surface area contributed by atoms with Gasteiger partial charge in [0.25, 0.3) is 5.91 Å². The molecule has 1 amide bonds. The van der Waals surface area contributed by atoms with Gasteiger partial charge >= 0.3 is 0 Å². The van der Waals surface area contributed by atoms with Gasteiger partial charge in [-0.3, -0.25) is 9.63 Å². The maximum Gasteiger partial charge on any atom is 0.253 e. The minimum Gasteiger partial charge on any atom is -0.272 e. The molecule has 0 aromatic heterocycles. The van der Waals surface area contributed by atoms with E-state index in [9.17, 15) is 4.79 Å². The molecule has 1 fully saturated rings. The largest absolute Gasteiger partial charge is 0.272 e. The van der Waals surface area contributed by atoms with Crippen LogP contribution in [0, 0.1) is 6.92 Å². The second kappa shape index (κ2) is 6.81. The fraction of sp³-hybridized carbons (Fsp3) is 0.500. The van der Waals surface area contributed by atoms with E-state index < -0.39 is 0 Å². The number of carbonyl (C=O) groups excluding carboxylic acids is 1. The molecular weight excluding hydrogens is 246 g/mol. The highest BCUT2D eigenvalue weighted by Crippen LogP contribution is 2.20. The molecule has 2 rings (SSSR count). The molecule has 0 bridgehead atoms. The van der Waals surface area contributed by atoms with Gasteiger partial charge in [0, 0.05) is 4.90 Å². The third-order valence-corrected chi connectivity index (χ3v) is 4.04. The molecule has 0 spiro atoms. The highest BCUT2D eigenvalue weighted by molar-refractivity contribution is 8.00. The number of nitrogens with one attached hydrogen (secondary N) is 1. The average molecular weight is 265 g/mol. The summed E-state index contributed by atoms with van der Waals surface area (Å²) in [5.74, 6) is 0.336. The smallest absolute Gasteiger partial charge is 0.253 e. The Kier molecular flexibility index (Phi) is 5.08. The van der Waals surface area contributed by atoms with Crippen LogP contribution in [0.5, 0.6) is 0 Å². The van der Waals surface area contributed by atoms with E-state index >= 15 is 0 Å². The van der Waals surface area contributed by atoms with Crippen LogP contribution in [0.15, 0.2) is 29.2 Å². The molecule has 0 radical (unpaired) electrons. The zero-order chi connectivity index (χ0) is 12.8. The van der Waals surface area contributed by atoms with Crippen molar-refractivity contribution in [2.24, 2.45) is 0 Å². The summed E-state index contributed by atoms with van der Waals surface area (Å²) in [6.07, 6.45) is 4.76. The molecule has 0 atom stereocenters. The zero-order valence-corrected chi connectivity index (χ0v) is 11.5. The molecular formula is C14H19NO2S. The van der Waals surface area contributed by atoms with E-state index in [1.165, 1.54) is 30.2 Å². The molecule has 18 heavy (non-hydrogen) atoms. The van der Waals surface area contributed by atoms with Crippen LogP contribution in [0.2, 0.25) is 0 Å². The maximum atomic E-state index is 11.6. The molecule has 1 aromatic rings. The lowest BCUT2D eigenvalue weighted by atomic mass is 10.2. The number of thioether (sulfide) groups is 1. The number of carbonyl (C=O) groups is 1. The van der Waals surface area contributed by atoms with Crippen molar-refractivity contribution in [1.82, 2.24) is 5.48 Å². The molecule has 0 heterocycles. The Labute approximate surface area is 112 Å².